The van der Waals surface area contributed by atoms with Crippen molar-refractivity contribution in [3.05, 3.63) is 12.7 Å². The van der Waals surface area contributed by atoms with Gasteiger partial charge in [0.05, 0.1) is 6.10 Å². The molecule has 0 amide bonds. The summed E-state index contributed by atoms with van der Waals surface area (Å²) in [6.07, 6.45) is 2.22. The Kier molecular flexibility index (Phi) is 3.81. The summed E-state index contributed by atoms with van der Waals surface area (Å²) in [5, 5.41) is 9.58. The molecule has 0 bridgehead atoms. The molecule has 1 N–H and O–H groups in total. The van der Waals surface area contributed by atoms with Crippen molar-refractivity contribution >= 4 is 0 Å². The van der Waals surface area contributed by atoms with Gasteiger partial charge in [0.25, 0.3) is 0 Å². The van der Waals surface area contributed by atoms with E-state index >= 15 is 0 Å². The van der Waals surface area contributed by atoms with E-state index in [1.165, 1.54) is 0 Å². The summed E-state index contributed by atoms with van der Waals surface area (Å²) in [6.45, 7) is 12.1. The zero-order chi connectivity index (χ0) is 9.07. The Morgan fingerprint density at radius 3 is 2.18 bits per heavy atom. The fourth-order valence-corrected chi connectivity index (χ4v) is 0.952. The van der Waals surface area contributed by atoms with E-state index in [1.807, 2.05) is 0 Å². The quantitative estimate of drug-likeness (QED) is 0.623. The fraction of sp³-hybridized carbons (Fsp3) is 0.800. The highest BCUT2D eigenvalue weighted by Crippen LogP contribution is 2.29. The van der Waals surface area contributed by atoms with Crippen LogP contribution in [0.1, 0.15) is 34.1 Å². The van der Waals surface area contributed by atoms with E-state index in [4.69, 9.17) is 0 Å². The van der Waals surface area contributed by atoms with Crippen LogP contribution in [0.4, 0.5) is 0 Å². The third-order valence-electron chi connectivity index (χ3n) is 2.35. The molecule has 0 aromatic carbocycles. The first-order valence-electron chi connectivity index (χ1n) is 4.18. The Bertz CT molecular complexity index is 121. The first-order valence-corrected chi connectivity index (χ1v) is 4.18. The minimum Gasteiger partial charge on any atom is -0.393 e. The smallest absolute Gasteiger partial charge is 0.0605 e. The molecule has 0 aliphatic heterocycles. The highest BCUT2D eigenvalue weighted by Gasteiger charge is 2.25. The maximum Gasteiger partial charge on any atom is 0.0605 e. The maximum atomic E-state index is 9.58. The number of aliphatic hydroxyl groups excluding tert-OH is 1. The Morgan fingerprint density at radius 2 is 1.91 bits per heavy atom. The van der Waals surface area contributed by atoms with Gasteiger partial charge in [-0.05, 0) is 17.8 Å². The lowest BCUT2D eigenvalue weighted by molar-refractivity contribution is 0.0566. The Morgan fingerprint density at radius 1 is 1.45 bits per heavy atom. The van der Waals surface area contributed by atoms with Gasteiger partial charge < -0.3 is 5.11 Å². The first kappa shape index (κ1) is 10.7. The molecule has 0 aromatic rings. The number of aliphatic hydroxyl groups is 1. The van der Waals surface area contributed by atoms with E-state index in [-0.39, 0.29) is 11.5 Å². The van der Waals surface area contributed by atoms with Gasteiger partial charge in [-0.15, -0.1) is 6.58 Å². The van der Waals surface area contributed by atoms with Crippen molar-refractivity contribution in [2.24, 2.45) is 11.3 Å². The van der Waals surface area contributed by atoms with Crippen molar-refractivity contribution < 1.29 is 5.11 Å². The topological polar surface area (TPSA) is 20.2 Å². The van der Waals surface area contributed by atoms with Gasteiger partial charge in [0.1, 0.15) is 0 Å². The molecular weight excluding hydrogens is 136 g/mol. The Hall–Kier alpha value is -0.300. The summed E-state index contributed by atoms with van der Waals surface area (Å²) in [5.74, 6) is 0.320. The van der Waals surface area contributed by atoms with E-state index in [2.05, 4.69) is 34.3 Å². The SMILES string of the molecule is C=CCC(O)C(C)C(C)(C)C. The van der Waals surface area contributed by atoms with Gasteiger partial charge in [0, 0.05) is 0 Å². The molecular formula is C10H20O. The third-order valence-corrected chi connectivity index (χ3v) is 2.35. The van der Waals surface area contributed by atoms with Crippen LogP contribution in [0.3, 0.4) is 0 Å². The monoisotopic (exact) mass is 156 g/mol. The molecule has 0 fully saturated rings. The summed E-state index contributed by atoms with van der Waals surface area (Å²) in [6, 6.07) is 0. The van der Waals surface area contributed by atoms with Gasteiger partial charge in [0.2, 0.25) is 0 Å². The maximum absolute atomic E-state index is 9.58. The van der Waals surface area contributed by atoms with Crippen LogP contribution in [0.15, 0.2) is 12.7 Å². The molecule has 1 heteroatoms. The van der Waals surface area contributed by atoms with Crippen LogP contribution in [-0.4, -0.2) is 11.2 Å². The van der Waals surface area contributed by atoms with Gasteiger partial charge in [0.15, 0.2) is 0 Å². The van der Waals surface area contributed by atoms with Gasteiger partial charge >= 0.3 is 0 Å². The normalized spacial score (nSPS) is 17.5. The molecule has 0 saturated heterocycles. The number of hydrogen-bond acceptors (Lipinski definition) is 1. The van der Waals surface area contributed by atoms with Gasteiger partial charge in [-0.25, -0.2) is 0 Å². The summed E-state index contributed by atoms with van der Waals surface area (Å²) >= 11 is 0. The predicted molar refractivity (Wildman–Crippen MR) is 49.4 cm³/mol. The minimum absolute atomic E-state index is 0.183. The van der Waals surface area contributed by atoms with Crippen molar-refractivity contribution in [1.29, 1.82) is 0 Å². The molecule has 0 saturated carbocycles. The summed E-state index contributed by atoms with van der Waals surface area (Å²) in [7, 11) is 0. The highest BCUT2D eigenvalue weighted by atomic mass is 16.3. The van der Waals surface area contributed by atoms with Crippen molar-refractivity contribution in [2.75, 3.05) is 0 Å². The molecule has 2 unspecified atom stereocenters. The van der Waals surface area contributed by atoms with E-state index < -0.39 is 0 Å². The average Bonchev–Trinajstić information content (AvgIpc) is 1.85. The van der Waals surface area contributed by atoms with E-state index in [1.54, 1.807) is 6.08 Å². The van der Waals surface area contributed by atoms with Crippen LogP contribution in [-0.2, 0) is 0 Å². The number of rotatable bonds is 3. The van der Waals surface area contributed by atoms with E-state index in [0.717, 1.165) is 0 Å². The zero-order valence-corrected chi connectivity index (χ0v) is 8.09. The second kappa shape index (κ2) is 3.91. The predicted octanol–water partition coefficient (Wildman–Crippen LogP) is 2.61. The van der Waals surface area contributed by atoms with Gasteiger partial charge in [-0.1, -0.05) is 33.8 Å². The van der Waals surface area contributed by atoms with Crippen molar-refractivity contribution in [2.45, 2.75) is 40.2 Å². The summed E-state index contributed by atoms with van der Waals surface area (Å²) in [5.41, 5.74) is 0.183. The summed E-state index contributed by atoms with van der Waals surface area (Å²) < 4.78 is 0. The van der Waals surface area contributed by atoms with Crippen molar-refractivity contribution in [3.63, 3.8) is 0 Å². The van der Waals surface area contributed by atoms with Crippen molar-refractivity contribution in [1.82, 2.24) is 0 Å². The van der Waals surface area contributed by atoms with Crippen LogP contribution < -0.4 is 0 Å². The molecule has 0 rings (SSSR count). The molecule has 0 heterocycles. The molecule has 0 aliphatic rings. The zero-order valence-electron chi connectivity index (χ0n) is 8.09. The molecule has 1 nitrogen and oxygen atoms in total. The summed E-state index contributed by atoms with van der Waals surface area (Å²) in [4.78, 5) is 0. The molecule has 0 spiro atoms. The largest absolute Gasteiger partial charge is 0.393 e. The average molecular weight is 156 g/mol. The lowest BCUT2D eigenvalue weighted by Gasteiger charge is -2.30. The van der Waals surface area contributed by atoms with Crippen molar-refractivity contribution in [3.8, 4) is 0 Å². The van der Waals surface area contributed by atoms with Gasteiger partial charge in [-0.3, -0.25) is 0 Å². The molecule has 2 atom stereocenters. The second-order valence-corrected chi connectivity index (χ2v) is 4.25. The highest BCUT2D eigenvalue weighted by molar-refractivity contribution is 4.81. The first-order chi connectivity index (χ1) is 4.89. The van der Waals surface area contributed by atoms with Gasteiger partial charge in [-0.2, -0.15) is 0 Å². The lowest BCUT2D eigenvalue weighted by atomic mass is 9.78. The minimum atomic E-state index is -0.243. The molecule has 0 radical (unpaired) electrons. The molecule has 0 aromatic heterocycles. The fourth-order valence-electron chi connectivity index (χ4n) is 0.952. The Labute approximate surface area is 70.1 Å². The van der Waals surface area contributed by atoms with E-state index in [0.29, 0.717) is 12.3 Å². The molecule has 11 heavy (non-hydrogen) atoms. The molecule has 66 valence electrons. The second-order valence-electron chi connectivity index (χ2n) is 4.25. The molecule has 0 aliphatic carbocycles. The number of hydrogen-bond donors (Lipinski definition) is 1. The van der Waals surface area contributed by atoms with Crippen LogP contribution in [0.25, 0.3) is 0 Å². The lowest BCUT2D eigenvalue weighted by Crippen LogP contribution is -2.29. The van der Waals surface area contributed by atoms with E-state index in [9.17, 15) is 5.11 Å². The van der Waals surface area contributed by atoms with Crippen LogP contribution in [0.5, 0.6) is 0 Å². The standard InChI is InChI=1S/C10H20O/c1-6-7-9(11)8(2)10(3,4)5/h6,8-9,11H,1,7H2,2-5H3. The van der Waals surface area contributed by atoms with Crippen LogP contribution in [0, 0.1) is 11.3 Å². The Balaban J connectivity index is 4.01. The third kappa shape index (κ3) is 3.57. The van der Waals surface area contributed by atoms with Crippen LogP contribution >= 0.6 is 0 Å². The van der Waals surface area contributed by atoms with Crippen LogP contribution in [0.2, 0.25) is 0 Å².